The summed E-state index contributed by atoms with van der Waals surface area (Å²) in [4.78, 5) is 63.4. The van der Waals surface area contributed by atoms with E-state index in [4.69, 9.17) is 15.2 Å². The maximum atomic E-state index is 13.0. The van der Waals surface area contributed by atoms with Crippen LogP contribution in [0, 0.1) is 5.92 Å². The average molecular weight is 785 g/mol. The first-order valence-electron chi connectivity index (χ1n) is 19.5. The fourth-order valence-corrected chi connectivity index (χ4v) is 5.54. The van der Waals surface area contributed by atoms with E-state index in [-0.39, 0.29) is 43.7 Å². The summed E-state index contributed by atoms with van der Waals surface area (Å²) in [5, 5.41) is 22.4. The molecular formula is C39H64N10O7. The van der Waals surface area contributed by atoms with Crippen molar-refractivity contribution in [2.24, 2.45) is 11.7 Å². The van der Waals surface area contributed by atoms with Crippen LogP contribution in [0.15, 0.2) is 36.7 Å². The lowest BCUT2D eigenvalue weighted by Crippen LogP contribution is -2.51. The second kappa shape index (κ2) is 25.1. The maximum Gasteiger partial charge on any atom is 0.409 e. The van der Waals surface area contributed by atoms with E-state index in [9.17, 15) is 24.0 Å². The number of nitrogens with one attached hydrogen (secondary N) is 5. The Balaban J connectivity index is 0.00000141. The Bertz CT molecular complexity index is 1560. The van der Waals surface area contributed by atoms with Crippen LogP contribution >= 0.6 is 0 Å². The Labute approximate surface area is 331 Å². The van der Waals surface area contributed by atoms with Crippen molar-refractivity contribution in [1.82, 2.24) is 41.2 Å². The molecular weight excluding hydrogens is 720 g/mol. The summed E-state index contributed by atoms with van der Waals surface area (Å²) in [7, 11) is 1.58. The number of nitrogens with two attached hydrogens (primary N) is 1. The molecule has 0 radical (unpaired) electrons. The van der Waals surface area contributed by atoms with E-state index in [1.807, 2.05) is 4.68 Å². The number of hydrogen-bond donors (Lipinski definition) is 6. The van der Waals surface area contributed by atoms with Crippen molar-refractivity contribution in [1.29, 1.82) is 0 Å². The van der Waals surface area contributed by atoms with Crippen LogP contribution < -0.4 is 32.3 Å². The summed E-state index contributed by atoms with van der Waals surface area (Å²) in [6.45, 7) is 16.1. The van der Waals surface area contributed by atoms with Crippen molar-refractivity contribution in [3.8, 4) is 0 Å². The molecule has 2 aromatic rings. The number of ether oxygens (including phenoxy) is 2. The third kappa shape index (κ3) is 17.1. The van der Waals surface area contributed by atoms with E-state index in [1.54, 1.807) is 52.1 Å². The van der Waals surface area contributed by atoms with Crippen LogP contribution in [0.25, 0.3) is 0 Å². The lowest BCUT2D eigenvalue weighted by atomic mass is 9.98. The number of fused-ring (bicyclic) bond motifs is 1. The summed E-state index contributed by atoms with van der Waals surface area (Å²) in [6.07, 6.45) is 5.25. The zero-order chi connectivity index (χ0) is 41.6. The van der Waals surface area contributed by atoms with Gasteiger partial charge in [-0.05, 0) is 63.1 Å². The van der Waals surface area contributed by atoms with Crippen molar-refractivity contribution < 1.29 is 33.4 Å². The second-order valence-electron chi connectivity index (χ2n) is 14.2. The first kappa shape index (κ1) is 47.0. The van der Waals surface area contributed by atoms with Gasteiger partial charge in [-0.15, -0.1) is 5.10 Å². The third-order valence-corrected chi connectivity index (χ3v) is 8.70. The normalized spacial score (nSPS) is 14.1. The molecule has 1 aliphatic carbocycles. The largest absolute Gasteiger partial charge is 0.445 e. The fourth-order valence-electron chi connectivity index (χ4n) is 5.54. The first-order chi connectivity index (χ1) is 26.7. The molecule has 56 heavy (non-hydrogen) atoms. The predicted octanol–water partition coefficient (Wildman–Crippen LogP) is 3.44. The van der Waals surface area contributed by atoms with Gasteiger partial charge in [0.05, 0.1) is 18.1 Å². The predicted molar refractivity (Wildman–Crippen MR) is 214 cm³/mol. The summed E-state index contributed by atoms with van der Waals surface area (Å²) >= 11 is 0. The molecule has 1 heterocycles. The number of aromatic nitrogens is 3. The number of carbonyl (C=O) groups is 5. The molecule has 0 saturated heterocycles. The highest BCUT2D eigenvalue weighted by Crippen LogP contribution is 2.30. The van der Waals surface area contributed by atoms with E-state index < -0.39 is 29.9 Å². The molecule has 7 N–H and O–H groups in total. The topological polar surface area (TPSA) is 224 Å². The van der Waals surface area contributed by atoms with Gasteiger partial charge in [0.25, 0.3) is 0 Å². The molecule has 2 atom stereocenters. The molecule has 2 unspecified atom stereocenters. The number of anilines is 1. The van der Waals surface area contributed by atoms with Crippen LogP contribution in [-0.2, 0) is 41.7 Å². The standard InChI is InChI=1S/C34H52N8O7.C5H12N2/c1-7-28(43)35-17-18-41(6)34(47)49-20-24-13-15-25(16-14-24)37-29(44)19-36-33(46)31(22(2)3)38-30(45)21-48-27-12-10-8-9-11-26-32(27)39-40-42(26)23(4)5;1-3-4-7-5(2)6/h13-16,22-23,27,31H,7-12,17-21H2,1-6H3,(H,35,43)(H,36,46)(H,37,44)(H,38,45);7H,2-4,6H2,1H3. The number of benzene rings is 1. The highest BCUT2D eigenvalue weighted by molar-refractivity contribution is 5.96. The lowest BCUT2D eigenvalue weighted by Gasteiger charge is -2.23. The molecule has 1 aromatic heterocycles. The molecule has 3 rings (SSSR count). The minimum absolute atomic E-state index is 0.0313. The quantitative estimate of drug-likeness (QED) is 0.121. The third-order valence-electron chi connectivity index (χ3n) is 8.70. The molecule has 5 amide bonds. The minimum Gasteiger partial charge on any atom is -0.445 e. The number of rotatable bonds is 19. The van der Waals surface area contributed by atoms with Crippen molar-refractivity contribution in [2.45, 2.75) is 111 Å². The minimum atomic E-state index is -0.866. The van der Waals surface area contributed by atoms with Crippen molar-refractivity contribution in [2.75, 3.05) is 45.2 Å². The number of amides is 5. The van der Waals surface area contributed by atoms with Gasteiger partial charge in [0.1, 0.15) is 31.1 Å². The lowest BCUT2D eigenvalue weighted by molar-refractivity contribution is -0.134. The number of carbonyl (C=O) groups excluding carboxylic acids is 5. The molecule has 1 aromatic carbocycles. The van der Waals surface area contributed by atoms with Crippen molar-refractivity contribution >= 4 is 35.4 Å². The molecule has 17 heteroatoms. The number of nitrogens with zero attached hydrogens (tertiary/aromatic N) is 4. The molecule has 1 aliphatic rings. The Morgan fingerprint density at radius 3 is 2.29 bits per heavy atom. The molecule has 312 valence electrons. The summed E-state index contributed by atoms with van der Waals surface area (Å²) in [6, 6.07) is 6.04. The van der Waals surface area contributed by atoms with Gasteiger partial charge in [0.2, 0.25) is 23.6 Å². The van der Waals surface area contributed by atoms with Gasteiger partial charge in [-0.1, -0.05) is 64.5 Å². The Hall–Kier alpha value is -5.19. The van der Waals surface area contributed by atoms with Crippen LogP contribution in [0.1, 0.15) is 109 Å². The molecule has 0 fully saturated rings. The van der Waals surface area contributed by atoms with Gasteiger partial charge in [-0.25, -0.2) is 9.48 Å². The van der Waals surface area contributed by atoms with E-state index in [0.717, 1.165) is 56.5 Å². The van der Waals surface area contributed by atoms with Crippen LogP contribution in [0.5, 0.6) is 0 Å². The van der Waals surface area contributed by atoms with Crippen LogP contribution in [0.2, 0.25) is 0 Å². The average Bonchev–Trinajstić information content (AvgIpc) is 3.57. The Morgan fingerprint density at radius 2 is 1.68 bits per heavy atom. The van der Waals surface area contributed by atoms with Gasteiger partial charge >= 0.3 is 6.09 Å². The van der Waals surface area contributed by atoms with Crippen molar-refractivity contribution in [3.05, 3.63) is 53.6 Å². The highest BCUT2D eigenvalue weighted by atomic mass is 16.6. The maximum absolute atomic E-state index is 13.0. The van der Waals surface area contributed by atoms with Crippen LogP contribution in [-0.4, -0.2) is 95.5 Å². The smallest absolute Gasteiger partial charge is 0.409 e. The zero-order valence-corrected chi connectivity index (χ0v) is 34.2. The number of likely N-dealkylation sites (N-methyl/N-ethyl adjacent to an activating group) is 1. The summed E-state index contributed by atoms with van der Waals surface area (Å²) in [5.41, 5.74) is 8.20. The molecule has 0 saturated carbocycles. The first-order valence-corrected chi connectivity index (χ1v) is 19.5. The van der Waals surface area contributed by atoms with E-state index >= 15 is 0 Å². The molecule has 0 aliphatic heterocycles. The highest BCUT2D eigenvalue weighted by Gasteiger charge is 2.28. The van der Waals surface area contributed by atoms with E-state index in [1.165, 1.54) is 4.90 Å². The molecule has 17 nitrogen and oxygen atoms in total. The fraction of sp³-hybridized carbons (Fsp3) is 0.615. The number of hydrogen-bond acceptors (Lipinski definition) is 11. The summed E-state index contributed by atoms with van der Waals surface area (Å²) in [5.74, 6) is -1.14. The van der Waals surface area contributed by atoms with Gasteiger partial charge in [0.15, 0.2) is 0 Å². The monoisotopic (exact) mass is 784 g/mol. The van der Waals surface area contributed by atoms with Gasteiger partial charge < -0.3 is 46.7 Å². The Morgan fingerprint density at radius 1 is 0.964 bits per heavy atom. The van der Waals surface area contributed by atoms with Gasteiger partial charge in [-0.3, -0.25) is 19.2 Å². The zero-order valence-electron chi connectivity index (χ0n) is 34.2. The summed E-state index contributed by atoms with van der Waals surface area (Å²) < 4.78 is 13.3. The molecule has 0 spiro atoms. The van der Waals surface area contributed by atoms with Gasteiger partial charge in [0, 0.05) is 44.8 Å². The van der Waals surface area contributed by atoms with Crippen LogP contribution in [0.3, 0.4) is 0 Å². The van der Waals surface area contributed by atoms with E-state index in [0.29, 0.717) is 36.6 Å². The van der Waals surface area contributed by atoms with Crippen molar-refractivity contribution in [3.63, 3.8) is 0 Å². The van der Waals surface area contributed by atoms with E-state index in [2.05, 4.69) is 64.2 Å². The second-order valence-corrected chi connectivity index (χ2v) is 14.2. The Kier molecular flexibility index (Phi) is 21.0. The molecule has 0 bridgehead atoms. The van der Waals surface area contributed by atoms with Crippen LogP contribution in [0.4, 0.5) is 10.5 Å². The van der Waals surface area contributed by atoms with Gasteiger partial charge in [-0.2, -0.15) is 0 Å². The SMILES string of the molecule is C=C(N)NCCC.CCC(=O)NCCN(C)C(=O)OCc1ccc(NC(=O)CNC(=O)C(NC(=O)COC2CCCCCc3c2nnn3C(C)C)C(C)C)cc1.